The zero-order chi connectivity index (χ0) is 14.9. The molecule has 2 rings (SSSR count). The van der Waals surface area contributed by atoms with Crippen molar-refractivity contribution in [2.75, 3.05) is 0 Å². The first-order chi connectivity index (χ1) is 9.26. The number of hydrogen-bond acceptors (Lipinski definition) is 3. The first-order valence-corrected chi connectivity index (χ1v) is 7.46. The third-order valence-electron chi connectivity index (χ3n) is 2.59. The third kappa shape index (κ3) is 3.73. The van der Waals surface area contributed by atoms with E-state index in [4.69, 9.17) is 16.3 Å². The number of fused-ring (bicyclic) bond motifs is 1. The average molecular weight is 360 g/mol. The maximum absolute atomic E-state index is 11.7. The van der Waals surface area contributed by atoms with Gasteiger partial charge in [-0.05, 0) is 48.8 Å². The van der Waals surface area contributed by atoms with E-state index in [1.807, 2.05) is 39.1 Å². The number of halogens is 2. The number of nitrogens with zero attached hydrogens (tertiary/aromatic N) is 2. The highest BCUT2D eigenvalue weighted by Crippen LogP contribution is 2.30. The van der Waals surface area contributed by atoms with Gasteiger partial charge in [-0.15, -0.1) is 0 Å². The maximum atomic E-state index is 11.7. The van der Waals surface area contributed by atoms with Crippen LogP contribution >= 0.6 is 27.5 Å². The van der Waals surface area contributed by atoms with E-state index in [0.29, 0.717) is 11.6 Å². The van der Waals surface area contributed by atoms with Crippen molar-refractivity contribution >= 4 is 44.4 Å². The summed E-state index contributed by atoms with van der Waals surface area (Å²) < 4.78 is 7.81. The number of aryl methyl sites for hydroxylation is 1. The lowest BCUT2D eigenvalue weighted by Crippen LogP contribution is -2.24. The minimum absolute atomic E-state index is 0.232. The molecular weight excluding hydrogens is 344 g/mol. The monoisotopic (exact) mass is 358 g/mol. The Labute approximate surface area is 131 Å². The second-order valence-corrected chi connectivity index (χ2v) is 6.76. The minimum Gasteiger partial charge on any atom is -0.460 e. The molecule has 0 radical (unpaired) electrons. The van der Waals surface area contributed by atoms with Crippen molar-refractivity contribution in [1.29, 1.82) is 0 Å². The van der Waals surface area contributed by atoms with Crippen LogP contribution in [0.4, 0.5) is 0 Å². The lowest BCUT2D eigenvalue weighted by atomic mass is 10.2. The molecule has 0 unspecified atom stereocenters. The molecule has 0 bridgehead atoms. The van der Waals surface area contributed by atoms with E-state index in [9.17, 15) is 4.79 Å². The second kappa shape index (κ2) is 5.74. The molecule has 0 saturated carbocycles. The van der Waals surface area contributed by atoms with Crippen LogP contribution in [-0.4, -0.2) is 21.4 Å². The largest absolute Gasteiger partial charge is 0.460 e. The Hall–Kier alpha value is -1.07. The Balaban J connectivity index is 2.08. The lowest BCUT2D eigenvalue weighted by molar-refractivity contribution is -0.155. The zero-order valence-corrected chi connectivity index (χ0v) is 14.0. The van der Waals surface area contributed by atoms with Gasteiger partial charge in [-0.1, -0.05) is 11.6 Å². The summed E-state index contributed by atoms with van der Waals surface area (Å²) in [5.41, 5.74) is 0.350. The molecule has 20 heavy (non-hydrogen) atoms. The van der Waals surface area contributed by atoms with Gasteiger partial charge in [0.05, 0.1) is 23.5 Å². The molecule has 108 valence electrons. The van der Waals surface area contributed by atoms with Gasteiger partial charge in [0.15, 0.2) is 0 Å². The molecular formula is C14H16BrClN2O2. The van der Waals surface area contributed by atoms with E-state index in [-0.39, 0.29) is 12.4 Å². The summed E-state index contributed by atoms with van der Waals surface area (Å²) >= 11 is 9.58. The lowest BCUT2D eigenvalue weighted by Gasteiger charge is -2.19. The summed E-state index contributed by atoms with van der Waals surface area (Å²) in [7, 11) is 0. The van der Waals surface area contributed by atoms with E-state index >= 15 is 0 Å². The molecule has 0 fully saturated rings. The smallest absolute Gasteiger partial charge is 0.308 e. The highest BCUT2D eigenvalue weighted by atomic mass is 79.9. The van der Waals surface area contributed by atoms with Crippen molar-refractivity contribution in [3.63, 3.8) is 0 Å². The number of ether oxygens (including phenoxy) is 1. The van der Waals surface area contributed by atoms with Gasteiger partial charge in [-0.3, -0.25) is 9.48 Å². The Morgan fingerprint density at radius 1 is 1.45 bits per heavy atom. The van der Waals surface area contributed by atoms with Crippen LogP contribution in [0.2, 0.25) is 5.02 Å². The number of hydrogen-bond donors (Lipinski definition) is 0. The third-order valence-corrected chi connectivity index (χ3v) is 3.89. The average Bonchev–Trinajstić information content (AvgIpc) is 2.73. The fourth-order valence-electron chi connectivity index (χ4n) is 1.80. The SMILES string of the molecule is CC(C)(C)OC(=O)CCn1cc2c(Cl)c(Br)ccc2n1. The number of carbonyl (C=O) groups is 1. The molecule has 0 aliphatic heterocycles. The van der Waals surface area contributed by atoms with Gasteiger partial charge in [0, 0.05) is 16.1 Å². The van der Waals surface area contributed by atoms with Crippen LogP contribution in [0.3, 0.4) is 0 Å². The minimum atomic E-state index is -0.458. The molecule has 0 N–H and O–H groups in total. The van der Waals surface area contributed by atoms with Crippen LogP contribution in [0.1, 0.15) is 27.2 Å². The van der Waals surface area contributed by atoms with Crippen molar-refractivity contribution in [3.05, 3.63) is 27.8 Å². The van der Waals surface area contributed by atoms with Crippen molar-refractivity contribution in [2.45, 2.75) is 39.3 Å². The van der Waals surface area contributed by atoms with E-state index in [1.54, 1.807) is 4.68 Å². The molecule has 0 aliphatic rings. The van der Waals surface area contributed by atoms with E-state index in [0.717, 1.165) is 15.4 Å². The van der Waals surface area contributed by atoms with Crippen molar-refractivity contribution in [2.24, 2.45) is 0 Å². The summed E-state index contributed by atoms with van der Waals surface area (Å²) in [6.45, 7) is 6.02. The highest BCUT2D eigenvalue weighted by Gasteiger charge is 2.16. The topological polar surface area (TPSA) is 44.1 Å². The van der Waals surface area contributed by atoms with Crippen LogP contribution in [0.5, 0.6) is 0 Å². The highest BCUT2D eigenvalue weighted by molar-refractivity contribution is 9.10. The Kier molecular flexibility index (Phi) is 4.39. The summed E-state index contributed by atoms with van der Waals surface area (Å²) in [6, 6.07) is 3.74. The van der Waals surface area contributed by atoms with Gasteiger partial charge in [-0.2, -0.15) is 5.10 Å². The van der Waals surface area contributed by atoms with Crippen molar-refractivity contribution in [1.82, 2.24) is 9.78 Å². The van der Waals surface area contributed by atoms with Gasteiger partial charge < -0.3 is 4.74 Å². The molecule has 4 nitrogen and oxygen atoms in total. The normalized spacial score (nSPS) is 11.8. The predicted molar refractivity (Wildman–Crippen MR) is 82.9 cm³/mol. The second-order valence-electron chi connectivity index (χ2n) is 5.52. The fraction of sp³-hybridized carbons (Fsp3) is 0.429. The van der Waals surface area contributed by atoms with Crippen LogP contribution in [0, 0.1) is 0 Å². The predicted octanol–water partition coefficient (Wildman–Crippen LogP) is 4.18. The van der Waals surface area contributed by atoms with Gasteiger partial charge in [0.1, 0.15) is 5.60 Å². The summed E-state index contributed by atoms with van der Waals surface area (Å²) in [5.74, 6) is -0.232. The molecule has 6 heteroatoms. The molecule has 0 atom stereocenters. The Bertz CT molecular complexity index is 646. The number of esters is 1. The first kappa shape index (κ1) is 15.3. The molecule has 1 aromatic heterocycles. The molecule has 1 heterocycles. The molecule has 0 amide bonds. The van der Waals surface area contributed by atoms with Crippen molar-refractivity contribution in [3.8, 4) is 0 Å². The standard InChI is InChI=1S/C14H16BrClN2O2/c1-14(2,3)20-12(19)6-7-18-8-9-11(17-18)5-4-10(15)13(9)16/h4-5,8H,6-7H2,1-3H3. The van der Waals surface area contributed by atoms with Gasteiger partial charge >= 0.3 is 5.97 Å². The Morgan fingerprint density at radius 3 is 2.80 bits per heavy atom. The van der Waals surface area contributed by atoms with Crippen LogP contribution in [-0.2, 0) is 16.1 Å². The molecule has 0 aliphatic carbocycles. The van der Waals surface area contributed by atoms with E-state index in [1.165, 1.54) is 0 Å². The molecule has 0 saturated heterocycles. The maximum Gasteiger partial charge on any atom is 0.308 e. The molecule has 1 aromatic carbocycles. The number of carbonyl (C=O) groups excluding carboxylic acids is 1. The van der Waals surface area contributed by atoms with Gasteiger partial charge in [-0.25, -0.2) is 0 Å². The van der Waals surface area contributed by atoms with Gasteiger partial charge in [0.25, 0.3) is 0 Å². The van der Waals surface area contributed by atoms with Crippen molar-refractivity contribution < 1.29 is 9.53 Å². The van der Waals surface area contributed by atoms with E-state index in [2.05, 4.69) is 21.0 Å². The van der Waals surface area contributed by atoms with Crippen LogP contribution in [0.15, 0.2) is 22.8 Å². The van der Waals surface area contributed by atoms with Crippen LogP contribution in [0.25, 0.3) is 10.9 Å². The zero-order valence-electron chi connectivity index (χ0n) is 11.6. The number of rotatable bonds is 3. The fourth-order valence-corrected chi connectivity index (χ4v) is 2.35. The number of benzene rings is 1. The summed E-state index contributed by atoms with van der Waals surface area (Å²) in [4.78, 5) is 11.7. The quantitative estimate of drug-likeness (QED) is 0.772. The van der Waals surface area contributed by atoms with Crippen LogP contribution < -0.4 is 0 Å². The summed E-state index contributed by atoms with van der Waals surface area (Å²) in [6.07, 6.45) is 2.12. The van der Waals surface area contributed by atoms with Gasteiger partial charge in [0.2, 0.25) is 0 Å². The van der Waals surface area contributed by atoms with E-state index < -0.39 is 5.60 Å². The molecule has 2 aromatic rings. The Morgan fingerprint density at radius 2 is 2.15 bits per heavy atom. The summed E-state index contributed by atoms with van der Waals surface area (Å²) in [5, 5.41) is 5.88. The molecule has 0 spiro atoms. The number of aromatic nitrogens is 2. The first-order valence-electron chi connectivity index (χ1n) is 6.29.